The van der Waals surface area contributed by atoms with Crippen molar-refractivity contribution in [3.8, 4) is 11.1 Å². The number of hydrogen-bond donors (Lipinski definition) is 0. The Morgan fingerprint density at radius 1 is 1.11 bits per heavy atom. The van der Waals surface area contributed by atoms with Crippen LogP contribution in [-0.2, 0) is 0 Å². The average Bonchev–Trinajstić information content (AvgIpc) is 2.68. The summed E-state index contributed by atoms with van der Waals surface area (Å²) < 4.78 is 4.97. The van der Waals surface area contributed by atoms with Crippen LogP contribution in [0.4, 0.5) is 11.4 Å². The Kier molecular flexibility index (Phi) is 2.99. The monoisotopic (exact) mass is 263 g/mol. The fourth-order valence-electron chi connectivity index (χ4n) is 1.87. The maximum absolute atomic E-state index is 10.9. The fourth-order valence-corrected chi connectivity index (χ4v) is 1.87. The number of nitrogens with zero attached hydrogens (tertiary/aromatic N) is 3. The van der Waals surface area contributed by atoms with Gasteiger partial charge in [-0.2, -0.15) is 0 Å². The van der Waals surface area contributed by atoms with Crippen molar-refractivity contribution >= 4 is 11.4 Å². The first kappa shape index (κ1) is 12.7. The number of benzene rings is 1. The molecule has 0 saturated heterocycles. The molecule has 0 aliphatic carbocycles. The van der Waals surface area contributed by atoms with Crippen LogP contribution in [0.2, 0.25) is 0 Å². The molecule has 98 valence electrons. The smallest absolute Gasteiger partial charge is 0.346 e. The third-order valence-electron chi connectivity index (χ3n) is 2.69. The molecule has 0 unspecified atom stereocenters. The summed E-state index contributed by atoms with van der Waals surface area (Å²) >= 11 is 0. The molecule has 0 saturated carbocycles. The number of hydrogen-bond acceptors (Lipinski definition) is 6. The Balaban J connectivity index is 2.65. The van der Waals surface area contributed by atoms with Crippen LogP contribution in [0.1, 0.15) is 11.5 Å². The number of nitro groups is 2. The van der Waals surface area contributed by atoms with E-state index in [2.05, 4.69) is 5.16 Å². The van der Waals surface area contributed by atoms with Gasteiger partial charge in [-0.15, -0.1) is 0 Å². The van der Waals surface area contributed by atoms with Gasteiger partial charge in [-0.25, -0.2) is 0 Å². The summed E-state index contributed by atoms with van der Waals surface area (Å²) in [5.41, 5.74) is 0.551. The largest absolute Gasteiger partial charge is 0.361 e. The third-order valence-corrected chi connectivity index (χ3v) is 2.69. The van der Waals surface area contributed by atoms with E-state index in [4.69, 9.17) is 4.52 Å². The predicted octanol–water partition coefficient (Wildman–Crippen LogP) is 2.77. The topological polar surface area (TPSA) is 112 Å². The lowest BCUT2D eigenvalue weighted by Gasteiger charge is -2.01. The van der Waals surface area contributed by atoms with Crippen LogP contribution >= 0.6 is 0 Å². The summed E-state index contributed by atoms with van der Waals surface area (Å²) in [5.74, 6) is 0.501. The second-order valence-corrected chi connectivity index (χ2v) is 3.92. The van der Waals surface area contributed by atoms with E-state index in [1.165, 1.54) is 6.07 Å². The molecule has 0 amide bonds. The van der Waals surface area contributed by atoms with Crippen molar-refractivity contribution in [3.63, 3.8) is 0 Å². The van der Waals surface area contributed by atoms with E-state index >= 15 is 0 Å². The molecule has 0 bridgehead atoms. The molecule has 0 radical (unpaired) electrons. The number of nitro benzene ring substituents is 2. The molecule has 1 aromatic heterocycles. The summed E-state index contributed by atoms with van der Waals surface area (Å²) in [6.45, 7) is 3.36. The van der Waals surface area contributed by atoms with Gasteiger partial charge in [0, 0.05) is 17.7 Å². The molecule has 8 heteroatoms. The van der Waals surface area contributed by atoms with Gasteiger partial charge in [0.05, 0.1) is 15.5 Å². The van der Waals surface area contributed by atoms with Gasteiger partial charge in [0.25, 0.3) is 0 Å². The number of rotatable bonds is 3. The summed E-state index contributed by atoms with van der Waals surface area (Å²) in [5, 5.41) is 25.4. The van der Waals surface area contributed by atoms with Gasteiger partial charge in [0.2, 0.25) is 0 Å². The molecule has 1 heterocycles. The van der Waals surface area contributed by atoms with E-state index in [1.54, 1.807) is 13.8 Å². The highest BCUT2D eigenvalue weighted by atomic mass is 16.6. The predicted molar refractivity (Wildman–Crippen MR) is 64.7 cm³/mol. The van der Waals surface area contributed by atoms with Crippen molar-refractivity contribution in [3.05, 3.63) is 49.9 Å². The summed E-state index contributed by atoms with van der Waals surface area (Å²) in [4.78, 5) is 20.0. The summed E-state index contributed by atoms with van der Waals surface area (Å²) in [6.07, 6.45) is 0. The molecular formula is C11H9N3O5. The van der Waals surface area contributed by atoms with Crippen molar-refractivity contribution in [2.45, 2.75) is 13.8 Å². The first-order valence-electron chi connectivity index (χ1n) is 5.28. The molecule has 0 spiro atoms. The van der Waals surface area contributed by atoms with E-state index in [0.717, 1.165) is 12.1 Å². The SMILES string of the molecule is Cc1noc(C)c1-c1ccc([N+](=O)[O-])c([N+](=O)[O-])c1. The zero-order valence-corrected chi connectivity index (χ0v) is 10.1. The average molecular weight is 263 g/mol. The highest BCUT2D eigenvalue weighted by Crippen LogP contribution is 2.34. The van der Waals surface area contributed by atoms with Crippen molar-refractivity contribution in [2.75, 3.05) is 0 Å². The van der Waals surface area contributed by atoms with Crippen LogP contribution in [0, 0.1) is 34.1 Å². The Bertz CT molecular complexity index is 657. The minimum atomic E-state index is -0.782. The van der Waals surface area contributed by atoms with E-state index in [0.29, 0.717) is 22.6 Å². The second-order valence-electron chi connectivity index (χ2n) is 3.92. The van der Waals surface area contributed by atoms with Crippen LogP contribution in [0.5, 0.6) is 0 Å². The fraction of sp³-hybridized carbons (Fsp3) is 0.182. The Morgan fingerprint density at radius 3 is 2.21 bits per heavy atom. The maximum Gasteiger partial charge on any atom is 0.346 e. The lowest BCUT2D eigenvalue weighted by Crippen LogP contribution is -1.97. The minimum absolute atomic E-state index is 0.466. The molecule has 2 rings (SSSR count). The zero-order chi connectivity index (χ0) is 14.2. The van der Waals surface area contributed by atoms with E-state index in [-0.39, 0.29) is 0 Å². The van der Waals surface area contributed by atoms with Crippen LogP contribution in [0.15, 0.2) is 22.7 Å². The minimum Gasteiger partial charge on any atom is -0.361 e. The van der Waals surface area contributed by atoms with Crippen LogP contribution in [0.25, 0.3) is 11.1 Å². The third kappa shape index (κ3) is 2.15. The van der Waals surface area contributed by atoms with Crippen LogP contribution in [0.3, 0.4) is 0 Å². The molecule has 19 heavy (non-hydrogen) atoms. The van der Waals surface area contributed by atoms with E-state index < -0.39 is 21.2 Å². The lowest BCUT2D eigenvalue weighted by molar-refractivity contribution is -0.422. The Labute approximate surface area is 106 Å². The second kappa shape index (κ2) is 4.48. The Hall–Kier alpha value is -2.77. The van der Waals surface area contributed by atoms with E-state index in [1.807, 2.05) is 0 Å². The van der Waals surface area contributed by atoms with Crippen molar-refractivity contribution in [1.82, 2.24) is 5.16 Å². The number of aryl methyl sites for hydroxylation is 2. The first-order valence-corrected chi connectivity index (χ1v) is 5.28. The lowest BCUT2D eigenvalue weighted by atomic mass is 10.0. The normalized spacial score (nSPS) is 10.4. The highest BCUT2D eigenvalue weighted by Gasteiger charge is 2.25. The molecular weight excluding hydrogens is 254 g/mol. The maximum atomic E-state index is 10.9. The van der Waals surface area contributed by atoms with E-state index in [9.17, 15) is 20.2 Å². The summed E-state index contributed by atoms with van der Waals surface area (Å²) in [6, 6.07) is 3.71. The van der Waals surface area contributed by atoms with Gasteiger partial charge in [-0.05, 0) is 25.5 Å². The van der Waals surface area contributed by atoms with Gasteiger partial charge in [-0.1, -0.05) is 5.16 Å². The quantitative estimate of drug-likeness (QED) is 0.621. The standard InChI is InChI=1S/C11H9N3O5/c1-6-11(7(2)19-12-6)8-3-4-9(13(15)16)10(5-8)14(17)18/h3-5H,1-2H3. The first-order chi connectivity index (χ1) is 8.91. The van der Waals surface area contributed by atoms with Gasteiger partial charge in [-0.3, -0.25) is 20.2 Å². The van der Waals surface area contributed by atoms with Crippen LogP contribution < -0.4 is 0 Å². The van der Waals surface area contributed by atoms with Gasteiger partial charge < -0.3 is 4.52 Å². The van der Waals surface area contributed by atoms with Crippen molar-refractivity contribution in [2.24, 2.45) is 0 Å². The van der Waals surface area contributed by atoms with Crippen LogP contribution in [-0.4, -0.2) is 15.0 Å². The van der Waals surface area contributed by atoms with Gasteiger partial charge >= 0.3 is 11.4 Å². The Morgan fingerprint density at radius 2 is 1.74 bits per heavy atom. The molecule has 0 atom stereocenters. The number of aromatic nitrogens is 1. The molecule has 2 aromatic rings. The molecule has 0 N–H and O–H groups in total. The molecule has 0 aliphatic rings. The molecule has 8 nitrogen and oxygen atoms in total. The van der Waals surface area contributed by atoms with Gasteiger partial charge in [0.1, 0.15) is 5.76 Å². The zero-order valence-electron chi connectivity index (χ0n) is 10.1. The molecule has 1 aromatic carbocycles. The summed E-state index contributed by atoms with van der Waals surface area (Å²) in [7, 11) is 0. The van der Waals surface area contributed by atoms with Gasteiger partial charge in [0.15, 0.2) is 0 Å². The van der Waals surface area contributed by atoms with Crippen molar-refractivity contribution < 1.29 is 14.4 Å². The molecule has 0 fully saturated rings. The molecule has 0 aliphatic heterocycles. The highest BCUT2D eigenvalue weighted by molar-refractivity contribution is 5.73. The van der Waals surface area contributed by atoms with Crippen molar-refractivity contribution in [1.29, 1.82) is 0 Å².